The van der Waals surface area contributed by atoms with Gasteiger partial charge in [0.2, 0.25) is 0 Å². The number of ether oxygens (including phenoxy) is 1. The first-order valence-corrected chi connectivity index (χ1v) is 8.43. The maximum atomic E-state index is 12.4. The number of halogens is 1. The van der Waals surface area contributed by atoms with Crippen molar-refractivity contribution in [1.82, 2.24) is 0 Å². The highest BCUT2D eigenvalue weighted by Gasteiger charge is 2.22. The van der Waals surface area contributed by atoms with Gasteiger partial charge in [0.05, 0.1) is 7.11 Å². The minimum Gasteiger partial charge on any atom is -0.493 e. The van der Waals surface area contributed by atoms with E-state index < -0.39 is 10.1 Å². The van der Waals surface area contributed by atoms with E-state index >= 15 is 0 Å². The van der Waals surface area contributed by atoms with Gasteiger partial charge < -0.3 is 8.92 Å². The lowest BCUT2D eigenvalue weighted by Crippen LogP contribution is -2.12. The summed E-state index contributed by atoms with van der Waals surface area (Å²) in [7, 11) is -2.68. The first kappa shape index (κ1) is 17.3. The molecule has 0 N–H and O–H groups in total. The summed E-state index contributed by atoms with van der Waals surface area (Å²) >= 11 is 5.83. The van der Waals surface area contributed by atoms with Crippen LogP contribution >= 0.6 is 11.6 Å². The molecule has 2 aromatic rings. The lowest BCUT2D eigenvalue weighted by molar-refractivity contribution is 0.101. The number of hydrogen-bond acceptors (Lipinski definition) is 5. The Labute approximate surface area is 139 Å². The largest absolute Gasteiger partial charge is 0.493 e. The van der Waals surface area contributed by atoms with E-state index in [1.807, 2.05) is 0 Å². The van der Waals surface area contributed by atoms with Crippen molar-refractivity contribution < 1.29 is 22.1 Å². The van der Waals surface area contributed by atoms with Crippen LogP contribution in [-0.2, 0) is 10.1 Å². The van der Waals surface area contributed by atoms with Gasteiger partial charge in [0.1, 0.15) is 4.90 Å². The maximum Gasteiger partial charge on any atom is 0.339 e. The van der Waals surface area contributed by atoms with Gasteiger partial charge in [-0.25, -0.2) is 0 Å². The second-order valence-corrected chi connectivity index (χ2v) is 6.82. The molecule has 0 heterocycles. The Balaban J connectivity index is 2.43. The number of aryl methyl sites for hydroxylation is 1. The van der Waals surface area contributed by atoms with Crippen molar-refractivity contribution in [3.8, 4) is 11.5 Å². The molecule has 0 atom stereocenters. The van der Waals surface area contributed by atoms with Crippen LogP contribution in [0.3, 0.4) is 0 Å². The first-order chi connectivity index (χ1) is 10.7. The number of carbonyl (C=O) groups excluding carboxylic acids is 1. The monoisotopic (exact) mass is 354 g/mol. The van der Waals surface area contributed by atoms with Crippen molar-refractivity contribution >= 4 is 27.5 Å². The van der Waals surface area contributed by atoms with Gasteiger partial charge in [-0.2, -0.15) is 8.42 Å². The fourth-order valence-corrected chi connectivity index (χ4v) is 3.39. The van der Waals surface area contributed by atoms with E-state index in [0.717, 1.165) is 0 Å². The van der Waals surface area contributed by atoms with Gasteiger partial charge in [0.25, 0.3) is 0 Å². The zero-order valence-corrected chi connectivity index (χ0v) is 14.4. The molecule has 0 aliphatic heterocycles. The van der Waals surface area contributed by atoms with Crippen LogP contribution < -0.4 is 8.92 Å². The summed E-state index contributed by atoms with van der Waals surface area (Å²) in [4.78, 5) is 11.4. The van der Waals surface area contributed by atoms with Gasteiger partial charge in [-0.05, 0) is 55.8 Å². The highest BCUT2D eigenvalue weighted by Crippen LogP contribution is 2.32. The molecule has 0 saturated carbocycles. The molecule has 0 saturated heterocycles. The molecule has 0 aliphatic carbocycles. The predicted molar refractivity (Wildman–Crippen MR) is 87.0 cm³/mol. The molecule has 5 nitrogen and oxygen atoms in total. The van der Waals surface area contributed by atoms with Gasteiger partial charge in [0, 0.05) is 10.6 Å². The lowest BCUT2D eigenvalue weighted by Gasteiger charge is -2.13. The third kappa shape index (κ3) is 3.83. The molecule has 0 bridgehead atoms. The molecule has 0 fully saturated rings. The molecule has 2 aromatic carbocycles. The summed E-state index contributed by atoms with van der Waals surface area (Å²) in [5.41, 5.74) is 0.867. The molecular formula is C16H15ClO5S. The van der Waals surface area contributed by atoms with Crippen LogP contribution in [0.25, 0.3) is 0 Å². The predicted octanol–water partition coefficient (Wildman–Crippen LogP) is 3.63. The summed E-state index contributed by atoms with van der Waals surface area (Å²) in [5, 5.41) is 0.435. The van der Waals surface area contributed by atoms with Crippen molar-refractivity contribution in [3.05, 3.63) is 52.5 Å². The zero-order chi connectivity index (χ0) is 17.2. The van der Waals surface area contributed by atoms with Crippen molar-refractivity contribution in [3.63, 3.8) is 0 Å². The normalized spacial score (nSPS) is 11.1. The minimum absolute atomic E-state index is 0.00634. The zero-order valence-electron chi connectivity index (χ0n) is 12.8. The fraction of sp³-hybridized carbons (Fsp3) is 0.188. The smallest absolute Gasteiger partial charge is 0.339 e. The van der Waals surface area contributed by atoms with Crippen LogP contribution in [0.5, 0.6) is 11.5 Å². The van der Waals surface area contributed by atoms with Crippen LogP contribution in [0.1, 0.15) is 22.8 Å². The Bertz CT molecular complexity index is 859. The molecule has 2 rings (SSSR count). The SMILES string of the molecule is COc1cc(C(C)=O)ccc1OS(=O)(=O)c1ccc(Cl)cc1C. The average molecular weight is 355 g/mol. The summed E-state index contributed by atoms with van der Waals surface area (Å²) in [6.07, 6.45) is 0. The van der Waals surface area contributed by atoms with Crippen molar-refractivity contribution in [2.75, 3.05) is 7.11 Å². The third-order valence-corrected chi connectivity index (χ3v) is 4.81. The van der Waals surface area contributed by atoms with E-state index in [-0.39, 0.29) is 22.2 Å². The second-order valence-electron chi connectivity index (χ2n) is 4.87. The lowest BCUT2D eigenvalue weighted by atomic mass is 10.1. The highest BCUT2D eigenvalue weighted by molar-refractivity contribution is 7.87. The van der Waals surface area contributed by atoms with Crippen LogP contribution in [0, 0.1) is 6.92 Å². The number of benzene rings is 2. The summed E-state index contributed by atoms with van der Waals surface area (Å²) < 4.78 is 35.1. The van der Waals surface area contributed by atoms with E-state index in [4.69, 9.17) is 20.5 Å². The van der Waals surface area contributed by atoms with Crippen LogP contribution in [0.4, 0.5) is 0 Å². The van der Waals surface area contributed by atoms with Gasteiger partial charge in [-0.3, -0.25) is 4.79 Å². The van der Waals surface area contributed by atoms with E-state index in [1.165, 1.54) is 50.4 Å². The molecule has 0 amide bonds. The average Bonchev–Trinajstić information content (AvgIpc) is 2.46. The summed E-state index contributed by atoms with van der Waals surface area (Å²) in [6.45, 7) is 3.03. The quantitative estimate of drug-likeness (QED) is 0.605. The second kappa shape index (κ2) is 6.60. The standard InChI is InChI=1S/C16H15ClO5S/c1-10-8-13(17)5-7-16(10)23(19,20)22-14-6-4-12(11(2)18)9-15(14)21-3/h4-9H,1-3H3. The molecular weight excluding hydrogens is 340 g/mol. The highest BCUT2D eigenvalue weighted by atomic mass is 35.5. The van der Waals surface area contributed by atoms with Crippen molar-refractivity contribution in [2.45, 2.75) is 18.7 Å². The molecule has 0 aromatic heterocycles. The Kier molecular flexibility index (Phi) is 4.97. The molecule has 0 unspecified atom stereocenters. The molecule has 0 aliphatic rings. The topological polar surface area (TPSA) is 69.7 Å². The fourth-order valence-electron chi connectivity index (χ4n) is 2.01. The molecule has 122 valence electrons. The Morgan fingerprint density at radius 2 is 1.78 bits per heavy atom. The number of methoxy groups -OCH3 is 1. The van der Waals surface area contributed by atoms with Crippen LogP contribution in [0.15, 0.2) is 41.3 Å². The van der Waals surface area contributed by atoms with Gasteiger partial charge in [-0.1, -0.05) is 11.6 Å². The van der Waals surface area contributed by atoms with Crippen molar-refractivity contribution in [1.29, 1.82) is 0 Å². The molecule has 0 radical (unpaired) electrons. The molecule has 7 heteroatoms. The van der Waals surface area contributed by atoms with Crippen LogP contribution in [-0.4, -0.2) is 21.3 Å². The van der Waals surface area contributed by atoms with E-state index in [2.05, 4.69) is 0 Å². The Morgan fingerprint density at radius 3 is 2.35 bits per heavy atom. The molecule has 0 spiro atoms. The Hall–Kier alpha value is -2.05. The third-order valence-electron chi connectivity index (χ3n) is 3.18. The maximum absolute atomic E-state index is 12.4. The molecule has 23 heavy (non-hydrogen) atoms. The Morgan fingerprint density at radius 1 is 1.09 bits per heavy atom. The summed E-state index contributed by atoms with van der Waals surface area (Å²) in [5.74, 6) is 0.00555. The number of Topliss-reactive ketones (excluding diaryl/α,β-unsaturated/α-hetero) is 1. The van der Waals surface area contributed by atoms with Crippen LogP contribution in [0.2, 0.25) is 5.02 Å². The number of ketones is 1. The van der Waals surface area contributed by atoms with Gasteiger partial charge in [-0.15, -0.1) is 0 Å². The van der Waals surface area contributed by atoms with E-state index in [1.54, 1.807) is 6.92 Å². The first-order valence-electron chi connectivity index (χ1n) is 6.64. The van der Waals surface area contributed by atoms with Gasteiger partial charge >= 0.3 is 10.1 Å². The number of rotatable bonds is 5. The number of hydrogen-bond donors (Lipinski definition) is 0. The van der Waals surface area contributed by atoms with E-state index in [9.17, 15) is 13.2 Å². The van der Waals surface area contributed by atoms with E-state index in [0.29, 0.717) is 16.1 Å². The van der Waals surface area contributed by atoms with Gasteiger partial charge in [0.15, 0.2) is 17.3 Å². The number of carbonyl (C=O) groups is 1. The van der Waals surface area contributed by atoms with Crippen molar-refractivity contribution in [2.24, 2.45) is 0 Å². The minimum atomic E-state index is -4.05. The summed E-state index contributed by atoms with van der Waals surface area (Å²) in [6, 6.07) is 8.68.